The van der Waals surface area contributed by atoms with Crippen LogP contribution in [-0.2, 0) is 11.3 Å². The van der Waals surface area contributed by atoms with E-state index in [-0.39, 0.29) is 11.7 Å². The van der Waals surface area contributed by atoms with Gasteiger partial charge in [0.25, 0.3) is 0 Å². The number of thioether (sulfide) groups is 1. The van der Waals surface area contributed by atoms with Crippen LogP contribution in [0.2, 0.25) is 0 Å². The summed E-state index contributed by atoms with van der Waals surface area (Å²) in [6.45, 7) is 0.426. The molecule has 0 N–H and O–H groups in total. The molecule has 3 aromatic carbocycles. The lowest BCUT2D eigenvalue weighted by molar-refractivity contribution is -0.118. The molecule has 31 heavy (non-hydrogen) atoms. The molecule has 0 aliphatic heterocycles. The summed E-state index contributed by atoms with van der Waals surface area (Å²) >= 11 is 2.96. The van der Waals surface area contributed by atoms with Gasteiger partial charge in [-0.25, -0.2) is 9.37 Å². The number of ether oxygens (including phenoxy) is 1. The van der Waals surface area contributed by atoms with Crippen molar-refractivity contribution in [3.63, 3.8) is 0 Å². The van der Waals surface area contributed by atoms with Crippen LogP contribution in [-0.4, -0.2) is 23.8 Å². The maximum absolute atomic E-state index is 13.6. The number of thiazole rings is 1. The number of hydrogen-bond donors (Lipinski definition) is 0. The van der Waals surface area contributed by atoms with Crippen LogP contribution >= 0.6 is 23.1 Å². The molecule has 4 rings (SSSR count). The van der Waals surface area contributed by atoms with Crippen molar-refractivity contribution < 1.29 is 13.9 Å². The maximum atomic E-state index is 13.6. The van der Waals surface area contributed by atoms with Crippen LogP contribution in [0.5, 0.6) is 5.75 Å². The van der Waals surface area contributed by atoms with Crippen LogP contribution in [0.1, 0.15) is 12.0 Å². The Hall–Kier alpha value is -2.90. The Bertz CT molecular complexity index is 1160. The van der Waals surface area contributed by atoms with E-state index in [2.05, 4.69) is 4.98 Å². The average Bonchev–Trinajstić information content (AvgIpc) is 3.21. The van der Waals surface area contributed by atoms with Crippen molar-refractivity contribution in [2.24, 2.45) is 0 Å². The van der Waals surface area contributed by atoms with Crippen molar-refractivity contribution in [3.8, 4) is 5.75 Å². The lowest BCUT2D eigenvalue weighted by Crippen LogP contribution is -2.30. The Labute approximate surface area is 188 Å². The second-order valence-corrected chi connectivity index (χ2v) is 9.03. The molecule has 0 atom stereocenters. The topological polar surface area (TPSA) is 42.4 Å². The van der Waals surface area contributed by atoms with Crippen LogP contribution in [0, 0.1) is 5.82 Å². The van der Waals surface area contributed by atoms with E-state index in [0.29, 0.717) is 29.4 Å². The van der Waals surface area contributed by atoms with Crippen LogP contribution in [0.15, 0.2) is 77.7 Å². The molecule has 0 radical (unpaired) electrons. The molecule has 1 amide bonds. The summed E-state index contributed by atoms with van der Waals surface area (Å²) in [5.74, 6) is 1.14. The number of halogens is 1. The molecule has 0 bridgehead atoms. The standard InChI is InChI=1S/C24H21FN2O2S2/c1-29-19-8-10-20(11-9-19)30-14-13-23(28)27(16-17-5-3-2-4-6-17)24-26-21-12-7-18(25)15-22(21)31-24/h2-12,15H,13-14,16H2,1H3. The van der Waals surface area contributed by atoms with E-state index >= 15 is 0 Å². The predicted octanol–water partition coefficient (Wildman–Crippen LogP) is 6.16. The second kappa shape index (κ2) is 9.94. The molecule has 1 aromatic heterocycles. The zero-order valence-electron chi connectivity index (χ0n) is 17.0. The lowest BCUT2D eigenvalue weighted by atomic mass is 10.2. The number of fused-ring (bicyclic) bond motifs is 1. The number of carbonyl (C=O) groups is 1. The van der Waals surface area contributed by atoms with Crippen molar-refractivity contribution in [1.29, 1.82) is 0 Å². The van der Waals surface area contributed by atoms with Gasteiger partial charge in [0.05, 0.1) is 23.9 Å². The number of hydrogen-bond acceptors (Lipinski definition) is 5. The highest BCUT2D eigenvalue weighted by Crippen LogP contribution is 2.31. The summed E-state index contributed by atoms with van der Waals surface area (Å²) < 4.78 is 19.5. The van der Waals surface area contributed by atoms with Gasteiger partial charge in [0, 0.05) is 17.1 Å². The summed E-state index contributed by atoms with van der Waals surface area (Å²) in [5.41, 5.74) is 1.71. The zero-order chi connectivity index (χ0) is 21.6. The molecule has 158 valence electrons. The van der Waals surface area contributed by atoms with Gasteiger partial charge in [0.2, 0.25) is 5.91 Å². The first-order chi connectivity index (χ1) is 15.1. The third-order valence-electron chi connectivity index (χ3n) is 4.70. The Kier molecular flexibility index (Phi) is 6.84. The molecule has 1 heterocycles. The number of benzene rings is 3. The molecular formula is C24H21FN2O2S2. The van der Waals surface area contributed by atoms with Gasteiger partial charge in [-0.05, 0) is 48.0 Å². The van der Waals surface area contributed by atoms with Gasteiger partial charge in [0.1, 0.15) is 11.6 Å². The van der Waals surface area contributed by atoms with Gasteiger partial charge in [-0.3, -0.25) is 9.69 Å². The number of rotatable bonds is 8. The minimum absolute atomic E-state index is 0.00982. The van der Waals surface area contributed by atoms with Crippen molar-refractivity contribution in [1.82, 2.24) is 4.98 Å². The Morgan fingerprint density at radius 3 is 2.61 bits per heavy atom. The summed E-state index contributed by atoms with van der Waals surface area (Å²) in [7, 11) is 1.64. The van der Waals surface area contributed by atoms with Gasteiger partial charge in [-0.15, -0.1) is 11.8 Å². The molecule has 4 aromatic rings. The molecule has 0 saturated carbocycles. The predicted molar refractivity (Wildman–Crippen MR) is 126 cm³/mol. The number of aromatic nitrogens is 1. The monoisotopic (exact) mass is 452 g/mol. The first-order valence-corrected chi connectivity index (χ1v) is 11.6. The Morgan fingerprint density at radius 1 is 1.10 bits per heavy atom. The normalized spacial score (nSPS) is 10.9. The fourth-order valence-electron chi connectivity index (χ4n) is 3.09. The molecule has 0 saturated heterocycles. The largest absolute Gasteiger partial charge is 0.497 e. The minimum Gasteiger partial charge on any atom is -0.497 e. The van der Waals surface area contributed by atoms with E-state index in [1.807, 2.05) is 54.6 Å². The van der Waals surface area contributed by atoms with Crippen molar-refractivity contribution >= 4 is 44.4 Å². The average molecular weight is 453 g/mol. The Morgan fingerprint density at radius 2 is 1.87 bits per heavy atom. The van der Waals surface area contributed by atoms with E-state index in [9.17, 15) is 9.18 Å². The maximum Gasteiger partial charge on any atom is 0.229 e. The third-order valence-corrected chi connectivity index (χ3v) is 6.75. The SMILES string of the molecule is COc1ccc(SCCC(=O)N(Cc2ccccc2)c2nc3ccc(F)cc3s2)cc1. The molecule has 0 fully saturated rings. The summed E-state index contributed by atoms with van der Waals surface area (Å²) in [6, 6.07) is 22.1. The van der Waals surface area contributed by atoms with Gasteiger partial charge >= 0.3 is 0 Å². The highest BCUT2D eigenvalue weighted by Gasteiger charge is 2.20. The second-order valence-electron chi connectivity index (χ2n) is 6.85. The van der Waals surface area contributed by atoms with Crippen LogP contribution in [0.4, 0.5) is 9.52 Å². The van der Waals surface area contributed by atoms with Crippen LogP contribution in [0.25, 0.3) is 10.2 Å². The highest BCUT2D eigenvalue weighted by atomic mass is 32.2. The summed E-state index contributed by atoms with van der Waals surface area (Å²) in [6.07, 6.45) is 0.369. The molecule has 4 nitrogen and oxygen atoms in total. The van der Waals surface area contributed by atoms with E-state index in [1.165, 1.54) is 23.5 Å². The zero-order valence-corrected chi connectivity index (χ0v) is 18.6. The van der Waals surface area contributed by atoms with Gasteiger partial charge in [0.15, 0.2) is 5.13 Å². The van der Waals surface area contributed by atoms with E-state index in [1.54, 1.807) is 29.8 Å². The Balaban J connectivity index is 1.50. The molecule has 0 unspecified atom stereocenters. The van der Waals surface area contributed by atoms with Gasteiger partial charge < -0.3 is 4.74 Å². The lowest BCUT2D eigenvalue weighted by Gasteiger charge is -2.20. The molecule has 0 aliphatic carbocycles. The molecule has 0 aliphatic rings. The fraction of sp³-hybridized carbons (Fsp3) is 0.167. The van der Waals surface area contributed by atoms with Crippen molar-refractivity contribution in [3.05, 3.63) is 84.2 Å². The van der Waals surface area contributed by atoms with Gasteiger partial charge in [-0.1, -0.05) is 41.7 Å². The van der Waals surface area contributed by atoms with E-state index < -0.39 is 0 Å². The number of methoxy groups -OCH3 is 1. The molecule has 7 heteroatoms. The number of carbonyl (C=O) groups excluding carboxylic acids is 1. The summed E-state index contributed by atoms with van der Waals surface area (Å²) in [5, 5.41) is 0.587. The van der Waals surface area contributed by atoms with Crippen molar-refractivity contribution in [2.75, 3.05) is 17.8 Å². The summed E-state index contributed by atoms with van der Waals surface area (Å²) in [4.78, 5) is 20.5. The van der Waals surface area contributed by atoms with Gasteiger partial charge in [-0.2, -0.15) is 0 Å². The molecular weight excluding hydrogens is 431 g/mol. The van der Waals surface area contributed by atoms with Crippen LogP contribution in [0.3, 0.4) is 0 Å². The first kappa shape index (κ1) is 21.3. The van der Waals surface area contributed by atoms with Crippen LogP contribution < -0.4 is 9.64 Å². The van der Waals surface area contributed by atoms with E-state index in [0.717, 1.165) is 20.9 Å². The fourth-order valence-corrected chi connectivity index (χ4v) is 4.94. The minimum atomic E-state index is -0.306. The number of anilines is 1. The van der Waals surface area contributed by atoms with E-state index in [4.69, 9.17) is 4.74 Å². The smallest absolute Gasteiger partial charge is 0.229 e. The number of nitrogens with zero attached hydrogens (tertiary/aromatic N) is 2. The molecule has 0 spiro atoms. The first-order valence-electron chi connectivity index (χ1n) is 9.79. The quantitative estimate of drug-likeness (QED) is 0.300. The number of amides is 1. The van der Waals surface area contributed by atoms with Crippen molar-refractivity contribution in [2.45, 2.75) is 17.9 Å². The third kappa shape index (κ3) is 5.42. The highest BCUT2D eigenvalue weighted by molar-refractivity contribution is 7.99.